The highest BCUT2D eigenvalue weighted by Gasteiger charge is 2.32. The van der Waals surface area contributed by atoms with Gasteiger partial charge in [0.1, 0.15) is 5.70 Å². The number of nitrogens with zero attached hydrogens (tertiary/aromatic N) is 4. The van der Waals surface area contributed by atoms with E-state index in [1.165, 1.54) is 21.3 Å². The Kier molecular flexibility index (Phi) is 5.94. The minimum absolute atomic E-state index is 0.0531. The predicted octanol–water partition coefficient (Wildman–Crippen LogP) is 2.92. The van der Waals surface area contributed by atoms with Gasteiger partial charge < -0.3 is 0 Å². The molecule has 8 nitrogen and oxygen atoms in total. The second-order valence-corrected chi connectivity index (χ2v) is 7.78. The fourth-order valence-corrected chi connectivity index (χ4v) is 3.79. The van der Waals surface area contributed by atoms with E-state index in [0.717, 1.165) is 11.1 Å². The average molecular weight is 435 g/mol. The zero-order valence-corrected chi connectivity index (χ0v) is 17.8. The topological polar surface area (TPSA) is 91.7 Å². The molecule has 31 heavy (non-hydrogen) atoms. The summed E-state index contributed by atoms with van der Waals surface area (Å²) in [6, 6.07) is 17.0. The molecule has 0 bridgehead atoms. The number of carbonyl (C=O) groups is 2. The van der Waals surface area contributed by atoms with Crippen LogP contribution >= 0.6 is 11.8 Å². The number of amides is 2. The van der Waals surface area contributed by atoms with Crippen LogP contribution in [0.1, 0.15) is 11.1 Å². The van der Waals surface area contributed by atoms with Crippen molar-refractivity contribution in [2.45, 2.75) is 6.92 Å². The van der Waals surface area contributed by atoms with Gasteiger partial charge in [0.2, 0.25) is 5.91 Å². The van der Waals surface area contributed by atoms with Crippen LogP contribution in [0.4, 0.5) is 11.6 Å². The van der Waals surface area contributed by atoms with Gasteiger partial charge in [-0.2, -0.15) is 0 Å². The lowest BCUT2D eigenvalue weighted by molar-refractivity contribution is -0.739. The van der Waals surface area contributed by atoms with Gasteiger partial charge in [0.15, 0.2) is 17.5 Å². The molecular formula is C22H20N5O3S+. The minimum atomic E-state index is -0.291. The first-order chi connectivity index (χ1) is 15.0. The molecule has 0 saturated carbocycles. The van der Waals surface area contributed by atoms with Gasteiger partial charge in [0.05, 0.1) is 11.4 Å². The first kappa shape index (κ1) is 20.5. The van der Waals surface area contributed by atoms with Crippen molar-refractivity contribution in [1.82, 2.24) is 5.27 Å². The molecule has 4 rings (SSSR count). The Morgan fingerprint density at radius 3 is 2.65 bits per heavy atom. The monoisotopic (exact) mass is 434 g/mol. The summed E-state index contributed by atoms with van der Waals surface area (Å²) >= 11 is 1.18. The molecule has 0 unspecified atom stereocenters. The summed E-state index contributed by atoms with van der Waals surface area (Å²) in [6.07, 6.45) is 3.33. The number of benzene rings is 2. The Labute approximate surface area is 183 Å². The summed E-state index contributed by atoms with van der Waals surface area (Å²) in [5, 5.41) is 6.73. The summed E-state index contributed by atoms with van der Waals surface area (Å²) in [5.41, 5.74) is 2.98. The number of hydrogen-bond donors (Lipinski definition) is 1. The third kappa shape index (κ3) is 4.72. The van der Waals surface area contributed by atoms with Gasteiger partial charge in [-0.25, -0.2) is 4.99 Å². The molecule has 3 aromatic rings. The van der Waals surface area contributed by atoms with E-state index in [2.05, 4.69) is 15.6 Å². The minimum Gasteiger partial charge on any atom is -0.288 e. The standard InChI is InChI=1S/C22H19N5O3S/c1-15-8-6-7-9-16(15)12-18-21(29)27(17-10-4-3-5-11-17)22(23-18)31-14-19(28)24-20-13-26(2)25-30-20/h3-13H,14H2,1-2H3/p+1/b18-12+. The number of para-hydroxylation sites is 1. The van der Waals surface area contributed by atoms with Gasteiger partial charge in [-0.3, -0.25) is 24.3 Å². The van der Waals surface area contributed by atoms with E-state index >= 15 is 0 Å². The van der Waals surface area contributed by atoms with Crippen LogP contribution in [0.25, 0.3) is 6.08 Å². The van der Waals surface area contributed by atoms with Crippen molar-refractivity contribution < 1.29 is 18.8 Å². The number of carbonyl (C=O) groups excluding carboxylic acids is 2. The average Bonchev–Trinajstić information content (AvgIpc) is 3.31. The first-order valence-corrected chi connectivity index (χ1v) is 10.5. The van der Waals surface area contributed by atoms with E-state index in [-0.39, 0.29) is 23.5 Å². The maximum atomic E-state index is 13.2. The molecule has 2 heterocycles. The Morgan fingerprint density at radius 1 is 1.19 bits per heavy atom. The molecule has 0 atom stereocenters. The molecule has 1 N–H and O–H groups in total. The van der Waals surface area contributed by atoms with E-state index < -0.39 is 0 Å². The quantitative estimate of drug-likeness (QED) is 0.492. The van der Waals surface area contributed by atoms with Crippen LogP contribution in [0, 0.1) is 6.92 Å². The Balaban J connectivity index is 1.57. The normalized spacial score (nSPS) is 14.8. The van der Waals surface area contributed by atoms with E-state index in [0.29, 0.717) is 16.6 Å². The number of thioether (sulfide) groups is 1. The van der Waals surface area contributed by atoms with Crippen LogP contribution in [0.15, 0.2) is 76.0 Å². The van der Waals surface area contributed by atoms with E-state index in [1.54, 1.807) is 19.3 Å². The predicted molar refractivity (Wildman–Crippen MR) is 119 cm³/mol. The fraction of sp³-hybridized carbons (Fsp3) is 0.136. The van der Waals surface area contributed by atoms with Crippen molar-refractivity contribution in [1.29, 1.82) is 0 Å². The molecule has 0 fully saturated rings. The summed E-state index contributed by atoms with van der Waals surface area (Å²) in [4.78, 5) is 31.6. The van der Waals surface area contributed by atoms with Crippen LogP contribution in [0.3, 0.4) is 0 Å². The smallest absolute Gasteiger partial charge is 0.288 e. The number of aryl methyl sites for hydroxylation is 2. The largest absolute Gasteiger partial charge is 0.302 e. The van der Waals surface area contributed by atoms with Crippen LogP contribution in [-0.2, 0) is 16.6 Å². The van der Waals surface area contributed by atoms with Gasteiger partial charge in [0.25, 0.3) is 12.1 Å². The molecule has 1 aliphatic heterocycles. The molecule has 0 saturated heterocycles. The zero-order valence-electron chi connectivity index (χ0n) is 17.0. The Morgan fingerprint density at radius 2 is 1.94 bits per heavy atom. The van der Waals surface area contributed by atoms with Gasteiger partial charge >= 0.3 is 5.88 Å². The van der Waals surface area contributed by atoms with Crippen LogP contribution in [0.2, 0.25) is 0 Å². The van der Waals surface area contributed by atoms with Gasteiger partial charge in [-0.15, -0.1) is 0 Å². The molecule has 1 aliphatic rings. The third-order valence-corrected chi connectivity index (χ3v) is 5.43. The van der Waals surface area contributed by atoms with Crippen molar-refractivity contribution in [2.24, 2.45) is 12.0 Å². The summed E-state index contributed by atoms with van der Waals surface area (Å²) in [5.74, 6) is -0.226. The number of aromatic nitrogens is 2. The maximum Gasteiger partial charge on any atom is 0.302 e. The van der Waals surface area contributed by atoms with E-state index in [9.17, 15) is 9.59 Å². The lowest BCUT2D eigenvalue weighted by Crippen LogP contribution is -2.31. The summed E-state index contributed by atoms with van der Waals surface area (Å²) < 4.78 is 6.42. The third-order valence-electron chi connectivity index (χ3n) is 4.49. The second kappa shape index (κ2) is 8.97. The number of aliphatic imine (C=N–C) groups is 1. The van der Waals surface area contributed by atoms with Crippen LogP contribution in [-0.4, -0.2) is 28.0 Å². The number of nitrogens with one attached hydrogen (secondary N) is 1. The van der Waals surface area contributed by atoms with Crippen molar-refractivity contribution in [2.75, 3.05) is 16.0 Å². The number of hydrogen-bond acceptors (Lipinski definition) is 6. The highest BCUT2D eigenvalue weighted by Crippen LogP contribution is 2.29. The zero-order chi connectivity index (χ0) is 21.8. The van der Waals surface area contributed by atoms with E-state index in [4.69, 9.17) is 4.52 Å². The molecule has 2 aromatic carbocycles. The maximum absolute atomic E-state index is 13.2. The van der Waals surface area contributed by atoms with Gasteiger partial charge in [-0.05, 0) is 36.3 Å². The second-order valence-electron chi connectivity index (χ2n) is 6.83. The Bertz CT molecular complexity index is 1190. The van der Waals surface area contributed by atoms with Crippen molar-refractivity contribution >= 4 is 46.4 Å². The van der Waals surface area contributed by atoms with Crippen LogP contribution < -0.4 is 14.9 Å². The van der Waals surface area contributed by atoms with Gasteiger partial charge in [0, 0.05) is 0 Å². The summed E-state index contributed by atoms with van der Waals surface area (Å²) in [7, 11) is 1.69. The van der Waals surface area contributed by atoms with E-state index in [1.807, 2.05) is 61.5 Å². The lowest BCUT2D eigenvalue weighted by atomic mass is 10.1. The molecule has 0 spiro atoms. The number of anilines is 2. The molecule has 1 aromatic heterocycles. The molecule has 0 aliphatic carbocycles. The number of amidine groups is 1. The highest BCUT2D eigenvalue weighted by molar-refractivity contribution is 8.14. The van der Waals surface area contributed by atoms with Gasteiger partial charge in [-0.1, -0.05) is 58.9 Å². The molecular weight excluding hydrogens is 414 g/mol. The molecule has 2 amide bonds. The fourth-order valence-electron chi connectivity index (χ4n) is 2.98. The first-order valence-electron chi connectivity index (χ1n) is 9.52. The van der Waals surface area contributed by atoms with Crippen molar-refractivity contribution in [3.8, 4) is 0 Å². The summed E-state index contributed by atoms with van der Waals surface area (Å²) in [6.45, 7) is 1.98. The van der Waals surface area contributed by atoms with Crippen LogP contribution in [0.5, 0.6) is 0 Å². The Hall–Kier alpha value is -3.72. The van der Waals surface area contributed by atoms with Crippen molar-refractivity contribution in [3.05, 3.63) is 77.6 Å². The SMILES string of the molecule is Cc1ccccc1/C=C1/N=C(SCC(=O)Nc2c[n+](C)no2)N(c2ccccc2)C1=O. The highest BCUT2D eigenvalue weighted by atomic mass is 32.2. The molecule has 156 valence electrons. The molecule has 9 heteroatoms. The van der Waals surface area contributed by atoms with Crippen molar-refractivity contribution in [3.63, 3.8) is 0 Å². The molecule has 0 radical (unpaired) electrons. The lowest BCUT2D eigenvalue weighted by Gasteiger charge is -2.17. The number of rotatable bonds is 5.